The van der Waals surface area contributed by atoms with Crippen LogP contribution >= 0.6 is 0 Å². The first-order valence-corrected chi connectivity index (χ1v) is 16.0. The van der Waals surface area contributed by atoms with Gasteiger partial charge in [-0.25, -0.2) is 4.68 Å². The molecule has 2 heterocycles. The molecule has 0 saturated heterocycles. The smallest absolute Gasteiger partial charge is 0.306 e. The Morgan fingerprint density at radius 1 is 0.979 bits per heavy atom. The fourth-order valence-electron chi connectivity index (χ4n) is 5.12. The van der Waals surface area contributed by atoms with Crippen molar-refractivity contribution in [3.8, 4) is 11.5 Å². The number of ether oxygens (including phenoxy) is 4. The highest BCUT2D eigenvalue weighted by molar-refractivity contribution is 5.85. The molecule has 0 bridgehead atoms. The van der Waals surface area contributed by atoms with Crippen molar-refractivity contribution in [3.05, 3.63) is 120 Å². The van der Waals surface area contributed by atoms with E-state index in [-0.39, 0.29) is 37.7 Å². The van der Waals surface area contributed by atoms with Gasteiger partial charge in [-0.15, -0.1) is 5.10 Å². The number of methoxy groups -OCH3 is 1. The third-order valence-electron chi connectivity index (χ3n) is 7.93. The minimum atomic E-state index is -0.531. The predicted octanol–water partition coefficient (Wildman–Crippen LogP) is 5.98. The van der Waals surface area contributed by atoms with E-state index in [4.69, 9.17) is 23.8 Å². The molecule has 0 spiro atoms. The number of aliphatic hydroxyl groups excluding tert-OH is 1. The lowest BCUT2D eigenvalue weighted by Crippen LogP contribution is -2.40. The molecule has 0 radical (unpaired) electrons. The summed E-state index contributed by atoms with van der Waals surface area (Å²) in [7, 11) is 1.61. The zero-order valence-corrected chi connectivity index (χ0v) is 27.4. The molecule has 48 heavy (non-hydrogen) atoms. The molecule has 1 N–H and O–H groups in total. The summed E-state index contributed by atoms with van der Waals surface area (Å²) < 4.78 is 25.1. The number of carbonyl (C=O) groups excluding carboxylic acids is 1. The summed E-state index contributed by atoms with van der Waals surface area (Å²) in [5.74, 6) is 0.990. The number of aliphatic hydroxyl groups is 1. The number of nitrogens with zero attached hydrogens (tertiary/aromatic N) is 4. The van der Waals surface area contributed by atoms with Crippen molar-refractivity contribution in [2.45, 2.75) is 63.6 Å². The molecule has 0 amide bonds. The van der Waals surface area contributed by atoms with Gasteiger partial charge in [0.15, 0.2) is 6.10 Å². The number of hydrogen-bond acceptors (Lipinski definition) is 10. The van der Waals surface area contributed by atoms with E-state index >= 15 is 0 Å². The van der Waals surface area contributed by atoms with Crippen molar-refractivity contribution in [1.82, 2.24) is 15.0 Å². The van der Waals surface area contributed by atoms with Crippen LogP contribution in [-0.2, 0) is 25.5 Å². The minimum Gasteiger partial charge on any atom is -0.497 e. The van der Waals surface area contributed by atoms with Crippen LogP contribution in [0.4, 0.5) is 0 Å². The molecule has 4 aromatic rings. The average molecular weight is 655 g/mol. The van der Waals surface area contributed by atoms with Crippen LogP contribution in [0.25, 0.3) is 0 Å². The third kappa shape index (κ3) is 9.76. The monoisotopic (exact) mass is 654 g/mol. The SMILES string of the molecule is COc1ccc(O[C@H]2C=C[C@@H](c3ccccc3)O[C@H]2COC(=O)CCC(C)=NO[C@H](C)c2cn([C@H](CO)Cc3ccccc3)nn2)cc1. The van der Waals surface area contributed by atoms with Crippen molar-refractivity contribution in [3.63, 3.8) is 0 Å². The molecule has 5 atom stereocenters. The molecular formula is C37H42N4O7. The van der Waals surface area contributed by atoms with E-state index in [2.05, 4.69) is 15.5 Å². The summed E-state index contributed by atoms with van der Waals surface area (Å²) in [4.78, 5) is 18.4. The standard InChI is InChI=1S/C37H42N4O7/c1-26(39-48-27(2)33-23-41(40-38-33)30(24-42)22-28-10-6-4-7-11-28)14-21-37(43)45-25-36-35(46-32-17-15-31(44-3)16-18-32)20-19-34(47-36)29-12-8-5-9-13-29/h4-13,15-20,23,27,30,34-36,42H,14,21-22,24-25H2,1-3H3/t27-,30+,34+,35+,36+/m1/s1. The fraction of sp³-hybridized carbons (Fsp3) is 0.351. The number of aromatic nitrogens is 3. The van der Waals surface area contributed by atoms with Crippen LogP contribution in [0.15, 0.2) is 108 Å². The largest absolute Gasteiger partial charge is 0.497 e. The molecule has 252 valence electrons. The molecule has 0 fully saturated rings. The van der Waals surface area contributed by atoms with Crippen molar-refractivity contribution in [2.75, 3.05) is 20.3 Å². The average Bonchev–Trinajstić information content (AvgIpc) is 3.63. The van der Waals surface area contributed by atoms with E-state index in [9.17, 15) is 9.90 Å². The Kier molecular flexibility index (Phi) is 12.3. The molecular weight excluding hydrogens is 612 g/mol. The molecule has 3 aromatic carbocycles. The summed E-state index contributed by atoms with van der Waals surface area (Å²) in [5.41, 5.74) is 3.30. The van der Waals surface area contributed by atoms with Crippen molar-refractivity contribution in [2.24, 2.45) is 5.16 Å². The van der Waals surface area contributed by atoms with Crippen molar-refractivity contribution in [1.29, 1.82) is 0 Å². The van der Waals surface area contributed by atoms with Gasteiger partial charge in [0.05, 0.1) is 38.1 Å². The van der Waals surface area contributed by atoms with Crippen LogP contribution < -0.4 is 9.47 Å². The van der Waals surface area contributed by atoms with E-state index < -0.39 is 18.3 Å². The Balaban J connectivity index is 1.11. The van der Waals surface area contributed by atoms with E-state index in [0.717, 1.165) is 16.9 Å². The number of benzene rings is 3. The first kappa shape index (κ1) is 34.3. The summed E-state index contributed by atoms with van der Waals surface area (Å²) in [6.07, 6.45) is 4.99. The zero-order chi connectivity index (χ0) is 33.7. The number of esters is 1. The van der Waals surface area contributed by atoms with Crippen LogP contribution in [0.2, 0.25) is 0 Å². The summed E-state index contributed by atoms with van der Waals surface area (Å²) in [5, 5.41) is 22.5. The zero-order valence-electron chi connectivity index (χ0n) is 27.4. The normalized spacial score (nSPS) is 18.9. The lowest BCUT2D eigenvalue weighted by Gasteiger charge is -2.32. The Hall–Kier alpha value is -5.00. The highest BCUT2D eigenvalue weighted by atomic mass is 16.6. The highest BCUT2D eigenvalue weighted by Crippen LogP contribution is 2.29. The molecule has 11 heteroatoms. The Labute approximate surface area is 280 Å². The maximum atomic E-state index is 12.8. The van der Waals surface area contributed by atoms with Gasteiger partial charge in [0.2, 0.25) is 0 Å². The lowest BCUT2D eigenvalue weighted by molar-refractivity contribution is -0.152. The fourth-order valence-corrected chi connectivity index (χ4v) is 5.12. The third-order valence-corrected chi connectivity index (χ3v) is 7.93. The predicted molar refractivity (Wildman–Crippen MR) is 180 cm³/mol. The van der Waals surface area contributed by atoms with Gasteiger partial charge in [0.25, 0.3) is 0 Å². The van der Waals surface area contributed by atoms with Gasteiger partial charge in [-0.2, -0.15) is 0 Å². The Morgan fingerprint density at radius 3 is 2.40 bits per heavy atom. The van der Waals surface area contributed by atoms with Crippen LogP contribution in [0.5, 0.6) is 11.5 Å². The molecule has 1 aromatic heterocycles. The molecule has 5 rings (SSSR count). The van der Waals surface area contributed by atoms with Crippen molar-refractivity contribution < 1.29 is 33.7 Å². The minimum absolute atomic E-state index is 0.0197. The summed E-state index contributed by atoms with van der Waals surface area (Å²) >= 11 is 0. The highest BCUT2D eigenvalue weighted by Gasteiger charge is 2.31. The molecule has 11 nitrogen and oxygen atoms in total. The number of hydrogen-bond donors (Lipinski definition) is 1. The van der Waals surface area contributed by atoms with Gasteiger partial charge in [-0.1, -0.05) is 77.1 Å². The molecule has 0 unspecified atom stereocenters. The van der Waals surface area contributed by atoms with E-state index in [1.54, 1.807) is 24.9 Å². The van der Waals surface area contributed by atoms with Crippen LogP contribution in [0.1, 0.15) is 61.8 Å². The summed E-state index contributed by atoms with van der Waals surface area (Å²) in [6.45, 7) is 3.55. The second-order valence-electron chi connectivity index (χ2n) is 11.6. The van der Waals surface area contributed by atoms with Gasteiger partial charge in [0, 0.05) is 0 Å². The van der Waals surface area contributed by atoms with Gasteiger partial charge in [-0.05, 0) is 68.2 Å². The molecule has 0 saturated carbocycles. The van der Waals surface area contributed by atoms with Gasteiger partial charge in [0.1, 0.15) is 42.1 Å². The maximum absolute atomic E-state index is 12.8. The lowest BCUT2D eigenvalue weighted by atomic mass is 10.0. The number of oxime groups is 1. The Bertz CT molecular complexity index is 1630. The van der Waals surface area contributed by atoms with Crippen LogP contribution in [0, 0.1) is 0 Å². The van der Waals surface area contributed by atoms with Crippen LogP contribution in [-0.4, -0.2) is 64.3 Å². The van der Waals surface area contributed by atoms with Gasteiger partial charge < -0.3 is 28.9 Å². The van der Waals surface area contributed by atoms with E-state index in [0.29, 0.717) is 30.0 Å². The summed E-state index contributed by atoms with van der Waals surface area (Å²) in [6, 6.07) is 26.8. The van der Waals surface area contributed by atoms with E-state index in [1.165, 1.54) is 0 Å². The second kappa shape index (κ2) is 17.2. The van der Waals surface area contributed by atoms with E-state index in [1.807, 2.05) is 104 Å². The van der Waals surface area contributed by atoms with Gasteiger partial charge >= 0.3 is 5.97 Å². The quantitative estimate of drug-likeness (QED) is 0.0672. The number of carbonyl (C=O) groups is 1. The Morgan fingerprint density at radius 2 is 1.69 bits per heavy atom. The maximum Gasteiger partial charge on any atom is 0.306 e. The molecule has 0 aliphatic carbocycles. The molecule has 1 aliphatic rings. The topological polar surface area (TPSA) is 127 Å². The second-order valence-corrected chi connectivity index (χ2v) is 11.6. The van der Waals surface area contributed by atoms with Crippen LogP contribution in [0.3, 0.4) is 0 Å². The first-order valence-electron chi connectivity index (χ1n) is 16.0. The molecule has 1 aliphatic heterocycles. The van der Waals surface area contributed by atoms with Gasteiger partial charge in [-0.3, -0.25) is 4.79 Å². The first-order chi connectivity index (χ1) is 23.4. The number of rotatable bonds is 16. The van der Waals surface area contributed by atoms with Crippen molar-refractivity contribution >= 4 is 11.7 Å².